The van der Waals surface area contributed by atoms with Gasteiger partial charge in [-0.25, -0.2) is 4.98 Å². The highest BCUT2D eigenvalue weighted by Gasteiger charge is 2.11. The van der Waals surface area contributed by atoms with Gasteiger partial charge in [-0.1, -0.05) is 19.1 Å². The highest BCUT2D eigenvalue weighted by Crippen LogP contribution is 2.22. The minimum absolute atomic E-state index is 0. The molecule has 3 aromatic rings. The van der Waals surface area contributed by atoms with Crippen LogP contribution in [0.1, 0.15) is 25.2 Å². The van der Waals surface area contributed by atoms with Gasteiger partial charge in [0.25, 0.3) is 0 Å². The summed E-state index contributed by atoms with van der Waals surface area (Å²) >= 11 is 5.27. The standard InChI is InChI=1S/C21H24N2O3S.ClH/c1-4-25-21(27)14(2)11-15-5-8-17(9-6-15)26-13-20-22-18-10-7-16(24)12-19(18)23(20)3;/h5-10,12,14,24H,4,11,13H2,1-3H3;1H. The number of nitrogens with zero attached hydrogens (tertiary/aromatic N) is 2. The number of aryl methyl sites for hydroxylation is 1. The van der Waals surface area contributed by atoms with Crippen LogP contribution in [0.2, 0.25) is 0 Å². The van der Waals surface area contributed by atoms with E-state index in [2.05, 4.69) is 11.9 Å². The smallest absolute Gasteiger partial charge is 0.162 e. The zero-order chi connectivity index (χ0) is 19.4. The zero-order valence-corrected chi connectivity index (χ0v) is 17.8. The molecular formula is C21H25ClN2O3S. The number of hydrogen-bond acceptors (Lipinski definition) is 5. The van der Waals surface area contributed by atoms with Crippen LogP contribution in [0.15, 0.2) is 42.5 Å². The van der Waals surface area contributed by atoms with Crippen LogP contribution in [-0.2, 0) is 24.8 Å². The van der Waals surface area contributed by atoms with Crippen molar-refractivity contribution in [2.24, 2.45) is 13.0 Å². The number of halogens is 1. The van der Waals surface area contributed by atoms with Crippen molar-refractivity contribution in [3.8, 4) is 11.5 Å². The van der Waals surface area contributed by atoms with Gasteiger partial charge in [0.1, 0.15) is 23.9 Å². The Morgan fingerprint density at radius 3 is 2.61 bits per heavy atom. The number of phenols is 1. The van der Waals surface area contributed by atoms with Crippen molar-refractivity contribution in [3.63, 3.8) is 0 Å². The third-order valence-electron chi connectivity index (χ3n) is 4.48. The molecule has 0 aliphatic rings. The number of phenolic OH excluding ortho intramolecular Hbond substituents is 1. The summed E-state index contributed by atoms with van der Waals surface area (Å²) in [5.74, 6) is 2.01. The first-order valence-electron chi connectivity index (χ1n) is 9.00. The molecule has 7 heteroatoms. The largest absolute Gasteiger partial charge is 0.508 e. The maximum Gasteiger partial charge on any atom is 0.162 e. The summed E-state index contributed by atoms with van der Waals surface area (Å²) < 4.78 is 13.2. The summed E-state index contributed by atoms with van der Waals surface area (Å²) in [6.45, 7) is 4.98. The fraction of sp³-hybridized carbons (Fsp3) is 0.333. The fourth-order valence-electron chi connectivity index (χ4n) is 2.95. The van der Waals surface area contributed by atoms with Crippen molar-refractivity contribution >= 4 is 40.7 Å². The van der Waals surface area contributed by atoms with E-state index < -0.39 is 0 Å². The van der Waals surface area contributed by atoms with Crippen molar-refractivity contribution in [1.82, 2.24) is 9.55 Å². The van der Waals surface area contributed by atoms with E-state index in [0.29, 0.717) is 18.3 Å². The van der Waals surface area contributed by atoms with E-state index in [1.165, 1.54) is 5.56 Å². The van der Waals surface area contributed by atoms with Gasteiger partial charge in [0, 0.05) is 19.0 Å². The molecule has 0 amide bonds. The van der Waals surface area contributed by atoms with E-state index in [4.69, 9.17) is 21.7 Å². The number of rotatable bonds is 7. The molecule has 0 aliphatic heterocycles. The van der Waals surface area contributed by atoms with Crippen molar-refractivity contribution in [2.45, 2.75) is 26.9 Å². The molecule has 0 spiro atoms. The summed E-state index contributed by atoms with van der Waals surface area (Å²) in [5, 5.41) is 10.3. The lowest BCUT2D eigenvalue weighted by atomic mass is 10.0. The third kappa shape index (κ3) is 5.14. The lowest BCUT2D eigenvalue weighted by Gasteiger charge is -2.13. The van der Waals surface area contributed by atoms with Crippen LogP contribution in [0.3, 0.4) is 0 Å². The normalized spacial score (nSPS) is 11.7. The molecule has 2 aromatic carbocycles. The van der Waals surface area contributed by atoms with Gasteiger partial charge >= 0.3 is 0 Å². The Labute approximate surface area is 176 Å². The highest BCUT2D eigenvalue weighted by atomic mass is 35.5. The van der Waals surface area contributed by atoms with Crippen LogP contribution < -0.4 is 4.74 Å². The van der Waals surface area contributed by atoms with E-state index in [1.54, 1.807) is 18.2 Å². The maximum atomic E-state index is 9.64. The molecule has 0 radical (unpaired) electrons. The predicted octanol–water partition coefficient (Wildman–Crippen LogP) is 4.82. The van der Waals surface area contributed by atoms with Gasteiger partial charge in [-0.15, -0.1) is 12.4 Å². The molecule has 0 saturated carbocycles. The van der Waals surface area contributed by atoms with Gasteiger partial charge in [-0.2, -0.15) is 0 Å². The Morgan fingerprint density at radius 1 is 1.21 bits per heavy atom. The highest BCUT2D eigenvalue weighted by molar-refractivity contribution is 7.80. The molecule has 0 bridgehead atoms. The van der Waals surface area contributed by atoms with Crippen LogP contribution in [-0.4, -0.2) is 26.3 Å². The van der Waals surface area contributed by atoms with E-state index in [9.17, 15) is 5.11 Å². The second kappa shape index (κ2) is 9.75. The van der Waals surface area contributed by atoms with Crippen LogP contribution in [0.4, 0.5) is 0 Å². The van der Waals surface area contributed by atoms with Crippen LogP contribution in [0, 0.1) is 5.92 Å². The Bertz CT molecular complexity index is 941. The van der Waals surface area contributed by atoms with Gasteiger partial charge < -0.3 is 19.1 Å². The van der Waals surface area contributed by atoms with Gasteiger partial charge in [0.15, 0.2) is 5.05 Å². The molecule has 0 saturated heterocycles. The molecular weight excluding hydrogens is 396 g/mol. The number of ether oxygens (including phenoxy) is 2. The number of imidazole rings is 1. The van der Waals surface area contributed by atoms with E-state index in [1.807, 2.05) is 42.8 Å². The number of aromatic nitrogens is 2. The lowest BCUT2D eigenvalue weighted by molar-refractivity contribution is 0.292. The first kappa shape index (κ1) is 22.0. The molecule has 28 heavy (non-hydrogen) atoms. The summed E-state index contributed by atoms with van der Waals surface area (Å²) in [5.41, 5.74) is 2.90. The van der Waals surface area contributed by atoms with E-state index in [0.717, 1.165) is 29.0 Å². The number of aromatic hydroxyl groups is 1. The Morgan fingerprint density at radius 2 is 1.93 bits per heavy atom. The molecule has 150 valence electrons. The Balaban J connectivity index is 0.00000280. The first-order valence-corrected chi connectivity index (χ1v) is 9.41. The Kier molecular flexibility index (Phi) is 7.66. The molecule has 3 rings (SSSR count). The monoisotopic (exact) mass is 420 g/mol. The summed E-state index contributed by atoms with van der Waals surface area (Å²) in [7, 11) is 1.92. The number of hydrogen-bond donors (Lipinski definition) is 1. The van der Waals surface area contributed by atoms with Crippen LogP contribution in [0.25, 0.3) is 11.0 Å². The SMILES string of the molecule is CCOC(=S)C(C)Cc1ccc(OCc2nc3ccc(O)cc3n2C)cc1.Cl. The van der Waals surface area contributed by atoms with Crippen LogP contribution >= 0.6 is 24.6 Å². The second-order valence-electron chi connectivity index (χ2n) is 6.55. The first-order chi connectivity index (χ1) is 13.0. The molecule has 0 aliphatic carbocycles. The van der Waals surface area contributed by atoms with Gasteiger partial charge in [0.05, 0.1) is 17.6 Å². The average Bonchev–Trinajstić information content (AvgIpc) is 2.97. The molecule has 1 N–H and O–H groups in total. The van der Waals surface area contributed by atoms with Gasteiger partial charge in [-0.05, 0) is 55.4 Å². The third-order valence-corrected chi connectivity index (χ3v) is 5.00. The molecule has 1 atom stereocenters. The molecule has 1 heterocycles. The van der Waals surface area contributed by atoms with E-state index in [-0.39, 0.29) is 24.1 Å². The minimum atomic E-state index is 0. The van der Waals surface area contributed by atoms with Crippen LogP contribution in [0.5, 0.6) is 11.5 Å². The molecule has 0 fully saturated rings. The maximum absolute atomic E-state index is 9.64. The minimum Gasteiger partial charge on any atom is -0.508 e. The quantitative estimate of drug-likeness (QED) is 0.555. The van der Waals surface area contributed by atoms with E-state index >= 15 is 0 Å². The number of thiocarbonyl (C=S) groups is 1. The number of benzene rings is 2. The summed E-state index contributed by atoms with van der Waals surface area (Å²) in [4.78, 5) is 4.56. The zero-order valence-electron chi connectivity index (χ0n) is 16.2. The van der Waals surface area contributed by atoms with Crippen molar-refractivity contribution in [2.75, 3.05) is 6.61 Å². The molecule has 5 nitrogen and oxygen atoms in total. The lowest BCUT2D eigenvalue weighted by Crippen LogP contribution is -2.14. The van der Waals surface area contributed by atoms with Crippen molar-refractivity contribution < 1.29 is 14.6 Å². The van der Waals surface area contributed by atoms with Crippen molar-refractivity contribution in [1.29, 1.82) is 0 Å². The molecule has 1 unspecified atom stereocenters. The second-order valence-corrected chi connectivity index (χ2v) is 6.95. The Hall–Kier alpha value is -2.31. The summed E-state index contributed by atoms with van der Waals surface area (Å²) in [6, 6.07) is 13.2. The number of fused-ring (bicyclic) bond motifs is 1. The predicted molar refractivity (Wildman–Crippen MR) is 117 cm³/mol. The summed E-state index contributed by atoms with van der Waals surface area (Å²) in [6.07, 6.45) is 0.841. The van der Waals surface area contributed by atoms with Gasteiger partial charge in [0.2, 0.25) is 0 Å². The fourth-order valence-corrected chi connectivity index (χ4v) is 3.15. The van der Waals surface area contributed by atoms with Gasteiger partial charge in [-0.3, -0.25) is 0 Å². The topological polar surface area (TPSA) is 56.5 Å². The van der Waals surface area contributed by atoms with Crippen molar-refractivity contribution in [3.05, 3.63) is 53.9 Å². The average molecular weight is 421 g/mol. The molecule has 1 aromatic heterocycles.